The second-order valence-corrected chi connectivity index (χ2v) is 7.75. The number of benzene rings is 1. The van der Waals surface area contributed by atoms with Crippen LogP contribution in [0, 0.1) is 6.92 Å². The van der Waals surface area contributed by atoms with Crippen LogP contribution < -0.4 is 4.90 Å². The van der Waals surface area contributed by atoms with E-state index in [1.165, 1.54) is 11.3 Å². The lowest BCUT2D eigenvalue weighted by atomic mass is 10.2. The smallest absolute Gasteiger partial charge is 0.344 e. The SMILES string of the molecule is CCOP(=O)(CN1CN(c2ccc(C)cc2)C[C@H]1C)OCC. The van der Waals surface area contributed by atoms with Gasteiger partial charge in [-0.3, -0.25) is 9.46 Å². The first-order valence-corrected chi connectivity index (χ1v) is 9.64. The molecule has 1 aromatic carbocycles. The van der Waals surface area contributed by atoms with Gasteiger partial charge in [-0.25, -0.2) is 0 Å². The average molecular weight is 326 g/mol. The second kappa shape index (κ2) is 7.60. The van der Waals surface area contributed by atoms with Gasteiger partial charge in [0, 0.05) is 18.3 Å². The molecule has 1 fully saturated rings. The zero-order chi connectivity index (χ0) is 16.2. The summed E-state index contributed by atoms with van der Waals surface area (Å²) in [5, 5.41) is 0. The van der Waals surface area contributed by atoms with Crippen molar-refractivity contribution in [1.29, 1.82) is 0 Å². The fourth-order valence-electron chi connectivity index (χ4n) is 2.71. The van der Waals surface area contributed by atoms with Gasteiger partial charge in [-0.15, -0.1) is 0 Å². The third kappa shape index (κ3) is 4.32. The monoisotopic (exact) mass is 326 g/mol. The first kappa shape index (κ1) is 17.5. The van der Waals surface area contributed by atoms with Crippen LogP contribution in [-0.2, 0) is 13.6 Å². The zero-order valence-electron chi connectivity index (χ0n) is 14.0. The van der Waals surface area contributed by atoms with Gasteiger partial charge in [-0.2, -0.15) is 0 Å². The van der Waals surface area contributed by atoms with Crippen molar-refractivity contribution < 1.29 is 13.6 Å². The molecule has 6 heteroatoms. The van der Waals surface area contributed by atoms with E-state index >= 15 is 0 Å². The topological polar surface area (TPSA) is 42.0 Å². The fraction of sp³-hybridized carbons (Fsp3) is 0.625. The van der Waals surface area contributed by atoms with Gasteiger partial charge >= 0.3 is 7.60 Å². The van der Waals surface area contributed by atoms with Gasteiger partial charge in [-0.1, -0.05) is 17.7 Å². The molecule has 1 saturated heterocycles. The van der Waals surface area contributed by atoms with Gasteiger partial charge in [0.2, 0.25) is 0 Å². The number of hydrogen-bond donors (Lipinski definition) is 0. The first-order valence-electron chi connectivity index (χ1n) is 7.91. The Labute approximate surface area is 133 Å². The van der Waals surface area contributed by atoms with Crippen LogP contribution in [0.1, 0.15) is 26.3 Å². The maximum absolute atomic E-state index is 12.7. The van der Waals surface area contributed by atoms with Crippen LogP contribution in [0.25, 0.3) is 0 Å². The van der Waals surface area contributed by atoms with Gasteiger partial charge < -0.3 is 13.9 Å². The summed E-state index contributed by atoms with van der Waals surface area (Å²) >= 11 is 0. The molecule has 0 saturated carbocycles. The number of aryl methyl sites for hydroxylation is 1. The van der Waals surface area contributed by atoms with E-state index in [0.29, 0.717) is 25.5 Å². The number of hydrogen-bond acceptors (Lipinski definition) is 5. The van der Waals surface area contributed by atoms with Crippen LogP contribution in [0.2, 0.25) is 0 Å². The van der Waals surface area contributed by atoms with E-state index in [1.54, 1.807) is 0 Å². The molecule has 124 valence electrons. The highest BCUT2D eigenvalue weighted by molar-refractivity contribution is 7.53. The molecule has 0 N–H and O–H groups in total. The molecule has 0 unspecified atom stereocenters. The Hall–Kier alpha value is -0.870. The van der Waals surface area contributed by atoms with E-state index in [0.717, 1.165) is 13.2 Å². The van der Waals surface area contributed by atoms with Crippen molar-refractivity contribution in [2.75, 3.05) is 37.6 Å². The van der Waals surface area contributed by atoms with Crippen molar-refractivity contribution in [1.82, 2.24) is 4.90 Å². The lowest BCUT2D eigenvalue weighted by Crippen LogP contribution is -2.30. The van der Waals surface area contributed by atoms with E-state index in [1.807, 2.05) is 13.8 Å². The Balaban J connectivity index is 2.04. The van der Waals surface area contributed by atoms with E-state index in [4.69, 9.17) is 9.05 Å². The maximum atomic E-state index is 12.7. The molecule has 0 aliphatic carbocycles. The lowest BCUT2D eigenvalue weighted by Gasteiger charge is -2.25. The maximum Gasteiger partial charge on any atom is 0.344 e. The Kier molecular flexibility index (Phi) is 6.04. The third-order valence-electron chi connectivity index (χ3n) is 3.87. The third-order valence-corrected chi connectivity index (χ3v) is 5.88. The summed E-state index contributed by atoms with van der Waals surface area (Å²) in [6, 6.07) is 8.82. The lowest BCUT2D eigenvalue weighted by molar-refractivity contribution is 0.195. The minimum Gasteiger partial charge on any atom is -0.357 e. The van der Waals surface area contributed by atoms with Gasteiger partial charge in [0.25, 0.3) is 0 Å². The minimum absolute atomic E-state index is 0.315. The molecule has 0 radical (unpaired) electrons. The molecular weight excluding hydrogens is 299 g/mol. The number of nitrogens with zero attached hydrogens (tertiary/aromatic N) is 2. The van der Waals surface area contributed by atoms with Crippen molar-refractivity contribution >= 4 is 13.3 Å². The molecule has 1 atom stereocenters. The molecule has 1 heterocycles. The minimum atomic E-state index is -3.03. The van der Waals surface area contributed by atoms with E-state index in [-0.39, 0.29) is 0 Å². The summed E-state index contributed by atoms with van der Waals surface area (Å²) < 4.78 is 23.5. The normalized spacial score (nSPS) is 19.8. The number of anilines is 1. The zero-order valence-corrected chi connectivity index (χ0v) is 14.9. The van der Waals surface area contributed by atoms with Crippen LogP contribution in [0.15, 0.2) is 24.3 Å². The van der Waals surface area contributed by atoms with Crippen LogP contribution in [-0.4, -0.2) is 43.7 Å². The molecule has 22 heavy (non-hydrogen) atoms. The molecule has 0 spiro atoms. The van der Waals surface area contributed by atoms with Gasteiger partial charge in [0.1, 0.15) is 6.29 Å². The summed E-state index contributed by atoms with van der Waals surface area (Å²) in [5.41, 5.74) is 2.45. The Morgan fingerprint density at radius 3 is 2.32 bits per heavy atom. The van der Waals surface area contributed by atoms with E-state index in [9.17, 15) is 4.57 Å². The van der Waals surface area contributed by atoms with E-state index < -0.39 is 7.60 Å². The molecule has 5 nitrogen and oxygen atoms in total. The van der Waals surface area contributed by atoms with Crippen molar-refractivity contribution in [2.24, 2.45) is 0 Å². The summed E-state index contributed by atoms with van der Waals surface area (Å²) in [7, 11) is -3.03. The van der Waals surface area contributed by atoms with Crippen LogP contribution in [0.4, 0.5) is 5.69 Å². The standard InChI is InChI=1S/C16H27N2O3P/c1-5-20-22(19,21-6-2)13-18-12-17(11-15(18)4)16-9-7-14(3)8-10-16/h7-10,15H,5-6,11-13H2,1-4H3/t15-/m1/s1. The quantitative estimate of drug-likeness (QED) is 0.715. The van der Waals surface area contributed by atoms with Crippen molar-refractivity contribution in [3.8, 4) is 0 Å². The van der Waals surface area contributed by atoms with Crippen molar-refractivity contribution in [3.05, 3.63) is 29.8 Å². The molecule has 0 aromatic heterocycles. The molecule has 1 aliphatic rings. The highest BCUT2D eigenvalue weighted by atomic mass is 31.2. The van der Waals surface area contributed by atoms with Gasteiger partial charge in [0.05, 0.1) is 19.9 Å². The molecule has 2 rings (SSSR count). The van der Waals surface area contributed by atoms with Crippen LogP contribution in [0.3, 0.4) is 0 Å². The highest BCUT2D eigenvalue weighted by Gasteiger charge is 2.34. The Bertz CT molecular complexity index is 511. The van der Waals surface area contributed by atoms with Crippen molar-refractivity contribution in [2.45, 2.75) is 33.7 Å². The molecule has 0 bridgehead atoms. The Morgan fingerprint density at radius 1 is 1.18 bits per heavy atom. The summed E-state index contributed by atoms with van der Waals surface area (Å²) in [6.07, 6.45) is 0.345. The highest BCUT2D eigenvalue weighted by Crippen LogP contribution is 2.49. The largest absolute Gasteiger partial charge is 0.357 e. The molecular formula is C16H27N2O3P. The number of rotatable bonds is 7. The fourth-order valence-corrected chi connectivity index (χ4v) is 4.55. The summed E-state index contributed by atoms with van der Waals surface area (Å²) in [4.78, 5) is 4.47. The predicted octanol–water partition coefficient (Wildman–Crippen LogP) is 3.69. The molecule has 1 aromatic rings. The van der Waals surface area contributed by atoms with Crippen LogP contribution >= 0.6 is 7.60 Å². The van der Waals surface area contributed by atoms with E-state index in [2.05, 4.69) is 47.9 Å². The van der Waals surface area contributed by atoms with Gasteiger partial charge in [-0.05, 0) is 39.8 Å². The van der Waals surface area contributed by atoms with Crippen LogP contribution in [0.5, 0.6) is 0 Å². The summed E-state index contributed by atoms with van der Waals surface area (Å²) in [6.45, 7) is 10.4. The summed E-state index contributed by atoms with van der Waals surface area (Å²) in [5.74, 6) is 0. The predicted molar refractivity (Wildman–Crippen MR) is 90.4 cm³/mol. The average Bonchev–Trinajstić information content (AvgIpc) is 2.81. The molecule has 1 aliphatic heterocycles. The molecule has 0 amide bonds. The Morgan fingerprint density at radius 2 is 1.77 bits per heavy atom. The van der Waals surface area contributed by atoms with Crippen molar-refractivity contribution in [3.63, 3.8) is 0 Å². The van der Waals surface area contributed by atoms with Gasteiger partial charge in [0.15, 0.2) is 0 Å². The second-order valence-electron chi connectivity index (χ2n) is 5.73. The first-order chi connectivity index (χ1) is 10.5.